The van der Waals surface area contributed by atoms with E-state index in [0.717, 1.165) is 25.4 Å². The highest BCUT2D eigenvalue weighted by molar-refractivity contribution is 7.09. The van der Waals surface area contributed by atoms with Gasteiger partial charge in [-0.1, -0.05) is 25.7 Å². The molecule has 3 rings (SSSR count). The van der Waals surface area contributed by atoms with Crippen LogP contribution in [0.1, 0.15) is 54.0 Å². The standard InChI is InChI=1S/C16H24N4O2S/c17-15(21)13-10-23-14(19-13)8-18-16(22)20-7-3-6-12(9-20)11-4-1-2-5-11/h10-12H,1-9H2,(H2,17,21)(H,18,22). The zero-order valence-corrected chi connectivity index (χ0v) is 14.1. The number of hydrogen-bond acceptors (Lipinski definition) is 4. The Labute approximate surface area is 140 Å². The summed E-state index contributed by atoms with van der Waals surface area (Å²) in [6, 6.07) is -0.0245. The Kier molecular flexibility index (Phi) is 5.15. The number of thiazole rings is 1. The summed E-state index contributed by atoms with van der Waals surface area (Å²) in [6.07, 6.45) is 7.70. The summed E-state index contributed by atoms with van der Waals surface area (Å²) in [4.78, 5) is 29.5. The van der Waals surface area contributed by atoms with Crippen molar-refractivity contribution in [3.8, 4) is 0 Å². The number of carbonyl (C=O) groups is 2. The monoisotopic (exact) mass is 336 g/mol. The Morgan fingerprint density at radius 1 is 1.26 bits per heavy atom. The molecule has 6 nitrogen and oxygen atoms in total. The fraction of sp³-hybridized carbons (Fsp3) is 0.688. The summed E-state index contributed by atoms with van der Waals surface area (Å²) >= 11 is 1.34. The van der Waals surface area contributed by atoms with Gasteiger partial charge in [-0.05, 0) is 24.7 Å². The Morgan fingerprint density at radius 2 is 2.00 bits per heavy atom. The highest BCUT2D eigenvalue weighted by Crippen LogP contribution is 2.35. The summed E-state index contributed by atoms with van der Waals surface area (Å²) in [5, 5.41) is 5.25. The number of primary amides is 1. The number of likely N-dealkylation sites (tertiary alicyclic amines) is 1. The van der Waals surface area contributed by atoms with Gasteiger partial charge in [-0.3, -0.25) is 4.79 Å². The minimum absolute atomic E-state index is 0.0245. The minimum atomic E-state index is -0.533. The second-order valence-electron chi connectivity index (χ2n) is 6.54. The van der Waals surface area contributed by atoms with Crippen LogP contribution in [-0.4, -0.2) is 34.9 Å². The van der Waals surface area contributed by atoms with Crippen LogP contribution in [0.4, 0.5) is 4.79 Å². The molecule has 1 saturated heterocycles. The van der Waals surface area contributed by atoms with Crippen molar-refractivity contribution in [2.24, 2.45) is 17.6 Å². The van der Waals surface area contributed by atoms with Gasteiger partial charge >= 0.3 is 6.03 Å². The third-order valence-electron chi connectivity index (χ3n) is 5.01. The van der Waals surface area contributed by atoms with Crippen LogP contribution in [0, 0.1) is 11.8 Å². The first-order valence-electron chi connectivity index (χ1n) is 8.40. The Morgan fingerprint density at radius 3 is 2.70 bits per heavy atom. The lowest BCUT2D eigenvalue weighted by Crippen LogP contribution is -2.46. The molecule has 1 atom stereocenters. The maximum absolute atomic E-state index is 12.4. The summed E-state index contributed by atoms with van der Waals surface area (Å²) in [7, 11) is 0. The van der Waals surface area contributed by atoms with Crippen molar-refractivity contribution < 1.29 is 9.59 Å². The largest absolute Gasteiger partial charge is 0.364 e. The van der Waals surface area contributed by atoms with Gasteiger partial charge in [0.25, 0.3) is 5.91 Å². The topological polar surface area (TPSA) is 88.3 Å². The first-order chi connectivity index (χ1) is 11.1. The van der Waals surface area contributed by atoms with Crippen LogP contribution in [0.15, 0.2) is 5.38 Å². The van der Waals surface area contributed by atoms with E-state index >= 15 is 0 Å². The lowest BCUT2D eigenvalue weighted by atomic mass is 9.84. The highest BCUT2D eigenvalue weighted by Gasteiger charge is 2.30. The molecule has 1 unspecified atom stereocenters. The van der Waals surface area contributed by atoms with E-state index in [1.165, 1.54) is 43.4 Å². The highest BCUT2D eigenvalue weighted by atomic mass is 32.1. The zero-order chi connectivity index (χ0) is 16.2. The van der Waals surface area contributed by atoms with Crippen LogP contribution in [0.25, 0.3) is 0 Å². The van der Waals surface area contributed by atoms with E-state index in [1.54, 1.807) is 5.38 Å². The zero-order valence-electron chi connectivity index (χ0n) is 13.3. The molecule has 126 valence electrons. The number of piperidine rings is 1. The molecule has 7 heteroatoms. The van der Waals surface area contributed by atoms with Crippen LogP contribution in [0.3, 0.4) is 0 Å². The number of urea groups is 1. The van der Waals surface area contributed by atoms with E-state index in [9.17, 15) is 9.59 Å². The molecule has 0 spiro atoms. The predicted octanol–water partition coefficient (Wildman–Crippen LogP) is 2.35. The molecule has 2 fully saturated rings. The smallest absolute Gasteiger partial charge is 0.317 e. The van der Waals surface area contributed by atoms with Crippen molar-refractivity contribution in [1.29, 1.82) is 0 Å². The van der Waals surface area contributed by atoms with E-state index in [2.05, 4.69) is 10.3 Å². The number of hydrogen-bond donors (Lipinski definition) is 2. The van der Waals surface area contributed by atoms with Gasteiger partial charge in [0.15, 0.2) is 0 Å². The minimum Gasteiger partial charge on any atom is -0.364 e. The molecule has 0 radical (unpaired) electrons. The molecule has 1 aliphatic carbocycles. The number of nitrogens with two attached hydrogens (primary N) is 1. The second kappa shape index (κ2) is 7.29. The van der Waals surface area contributed by atoms with Gasteiger partial charge in [0.1, 0.15) is 10.7 Å². The molecule has 1 aromatic heterocycles. The van der Waals surface area contributed by atoms with Gasteiger partial charge in [-0.2, -0.15) is 0 Å². The molecule has 3 amide bonds. The molecule has 0 aromatic carbocycles. The molecule has 23 heavy (non-hydrogen) atoms. The number of amides is 3. The van der Waals surface area contributed by atoms with Crippen LogP contribution in [0.5, 0.6) is 0 Å². The van der Waals surface area contributed by atoms with E-state index in [4.69, 9.17) is 5.73 Å². The second-order valence-corrected chi connectivity index (χ2v) is 7.48. The normalized spacial score (nSPS) is 22.3. The average molecular weight is 336 g/mol. The third kappa shape index (κ3) is 4.02. The van der Waals surface area contributed by atoms with Gasteiger partial charge in [-0.15, -0.1) is 11.3 Å². The molecular formula is C16H24N4O2S. The molecule has 2 aliphatic rings. The van der Waals surface area contributed by atoms with Crippen molar-refractivity contribution in [2.45, 2.75) is 45.1 Å². The molecule has 1 aliphatic heterocycles. The van der Waals surface area contributed by atoms with E-state index in [0.29, 0.717) is 17.5 Å². The lowest BCUT2D eigenvalue weighted by Gasteiger charge is -2.35. The first-order valence-corrected chi connectivity index (χ1v) is 9.28. The number of aromatic nitrogens is 1. The van der Waals surface area contributed by atoms with Crippen molar-refractivity contribution >= 4 is 23.3 Å². The van der Waals surface area contributed by atoms with Gasteiger partial charge in [0, 0.05) is 18.5 Å². The number of nitrogens with zero attached hydrogens (tertiary/aromatic N) is 2. The number of carbonyl (C=O) groups excluding carboxylic acids is 2. The Hall–Kier alpha value is -1.63. The molecular weight excluding hydrogens is 312 g/mol. The number of rotatable bonds is 4. The third-order valence-corrected chi connectivity index (χ3v) is 5.86. The van der Waals surface area contributed by atoms with Crippen molar-refractivity contribution in [1.82, 2.24) is 15.2 Å². The maximum atomic E-state index is 12.4. The van der Waals surface area contributed by atoms with Crippen LogP contribution in [-0.2, 0) is 6.54 Å². The van der Waals surface area contributed by atoms with Crippen LogP contribution in [0.2, 0.25) is 0 Å². The molecule has 0 bridgehead atoms. The van der Waals surface area contributed by atoms with Gasteiger partial charge in [0.2, 0.25) is 0 Å². The summed E-state index contributed by atoms with van der Waals surface area (Å²) in [5.41, 5.74) is 5.45. The quantitative estimate of drug-likeness (QED) is 0.884. The SMILES string of the molecule is NC(=O)c1csc(CNC(=O)N2CCCC(C3CCCC3)C2)n1. The Bertz CT molecular complexity index is 568. The summed E-state index contributed by atoms with van der Waals surface area (Å²) in [5.74, 6) is 0.940. The summed E-state index contributed by atoms with van der Waals surface area (Å²) in [6.45, 7) is 2.06. The average Bonchev–Trinajstić information content (AvgIpc) is 3.24. The van der Waals surface area contributed by atoms with Crippen molar-refractivity contribution in [3.05, 3.63) is 16.1 Å². The Balaban J connectivity index is 1.49. The van der Waals surface area contributed by atoms with Gasteiger partial charge in [-0.25, -0.2) is 9.78 Å². The number of nitrogens with one attached hydrogen (secondary N) is 1. The van der Waals surface area contributed by atoms with Crippen molar-refractivity contribution in [2.75, 3.05) is 13.1 Å². The van der Waals surface area contributed by atoms with E-state index < -0.39 is 5.91 Å². The maximum Gasteiger partial charge on any atom is 0.317 e. The van der Waals surface area contributed by atoms with Crippen LogP contribution >= 0.6 is 11.3 Å². The summed E-state index contributed by atoms with van der Waals surface area (Å²) < 4.78 is 0. The molecule has 3 N–H and O–H groups in total. The fourth-order valence-corrected chi connectivity index (χ4v) is 4.50. The predicted molar refractivity (Wildman–Crippen MR) is 89.1 cm³/mol. The molecule has 2 heterocycles. The first kappa shape index (κ1) is 16.2. The van der Waals surface area contributed by atoms with Gasteiger partial charge in [0.05, 0.1) is 6.54 Å². The fourth-order valence-electron chi connectivity index (χ4n) is 3.78. The van der Waals surface area contributed by atoms with Crippen LogP contribution < -0.4 is 11.1 Å². The van der Waals surface area contributed by atoms with Crippen molar-refractivity contribution in [3.63, 3.8) is 0 Å². The molecule has 1 aromatic rings. The lowest BCUT2D eigenvalue weighted by molar-refractivity contribution is 0.0996. The molecule has 1 saturated carbocycles. The van der Waals surface area contributed by atoms with E-state index in [-0.39, 0.29) is 11.7 Å². The van der Waals surface area contributed by atoms with E-state index in [1.807, 2.05) is 4.90 Å². The van der Waals surface area contributed by atoms with Gasteiger partial charge < -0.3 is 16.0 Å².